The first-order valence-corrected chi connectivity index (χ1v) is 8.95. The van der Waals surface area contributed by atoms with Crippen LogP contribution in [-0.2, 0) is 6.42 Å². The summed E-state index contributed by atoms with van der Waals surface area (Å²) < 4.78 is 0. The molecular formula is C25H21N. The lowest BCUT2D eigenvalue weighted by atomic mass is 9.94. The highest BCUT2D eigenvalue weighted by Crippen LogP contribution is 2.27. The van der Waals surface area contributed by atoms with E-state index in [4.69, 9.17) is 0 Å². The van der Waals surface area contributed by atoms with E-state index in [-0.39, 0.29) is 0 Å². The third kappa shape index (κ3) is 3.43. The topological polar surface area (TPSA) is 12.9 Å². The van der Waals surface area contributed by atoms with E-state index < -0.39 is 0 Å². The third-order valence-corrected chi connectivity index (χ3v) is 4.74. The van der Waals surface area contributed by atoms with Crippen molar-refractivity contribution in [1.82, 2.24) is 4.98 Å². The Bertz CT molecular complexity index is 1050. The van der Waals surface area contributed by atoms with Crippen molar-refractivity contribution in [2.45, 2.75) is 13.3 Å². The van der Waals surface area contributed by atoms with E-state index in [0.717, 1.165) is 11.9 Å². The summed E-state index contributed by atoms with van der Waals surface area (Å²) >= 11 is 0. The molecule has 0 bridgehead atoms. The van der Waals surface area contributed by atoms with Gasteiger partial charge in [-0.3, -0.25) is 4.98 Å². The van der Waals surface area contributed by atoms with Crippen LogP contribution in [0.25, 0.3) is 22.6 Å². The molecule has 1 heterocycles. The molecule has 0 spiro atoms. The predicted molar refractivity (Wildman–Crippen MR) is 111 cm³/mol. The van der Waals surface area contributed by atoms with Crippen molar-refractivity contribution in [3.8, 4) is 0 Å². The molecule has 1 nitrogen and oxygen atoms in total. The van der Waals surface area contributed by atoms with Gasteiger partial charge in [0.25, 0.3) is 0 Å². The van der Waals surface area contributed by atoms with Gasteiger partial charge in [-0.2, -0.15) is 0 Å². The van der Waals surface area contributed by atoms with Crippen LogP contribution in [-0.4, -0.2) is 4.98 Å². The Labute approximate surface area is 154 Å². The molecule has 0 N–H and O–H groups in total. The average Bonchev–Trinajstić information content (AvgIpc) is 2.71. The van der Waals surface area contributed by atoms with E-state index in [0.29, 0.717) is 0 Å². The number of hydrogen-bond donors (Lipinski definition) is 0. The van der Waals surface area contributed by atoms with Crippen molar-refractivity contribution in [3.05, 3.63) is 113 Å². The molecular weight excluding hydrogens is 314 g/mol. The van der Waals surface area contributed by atoms with Gasteiger partial charge in [0.2, 0.25) is 0 Å². The normalized spacial score (nSPS) is 11.7. The zero-order valence-electron chi connectivity index (χ0n) is 14.9. The predicted octanol–water partition coefficient (Wildman–Crippen LogP) is 6.33. The van der Waals surface area contributed by atoms with Crippen LogP contribution in [0.15, 0.2) is 91.1 Å². The number of aryl methyl sites for hydroxylation is 1. The zero-order chi connectivity index (χ0) is 17.8. The largest absolute Gasteiger partial charge is 0.256 e. The Balaban J connectivity index is 1.82. The van der Waals surface area contributed by atoms with Gasteiger partial charge >= 0.3 is 0 Å². The first kappa shape index (κ1) is 16.3. The van der Waals surface area contributed by atoms with Crippen molar-refractivity contribution in [2.24, 2.45) is 0 Å². The molecule has 4 rings (SSSR count). The summed E-state index contributed by atoms with van der Waals surface area (Å²) in [6, 6.07) is 29.7. The quantitative estimate of drug-likeness (QED) is 0.397. The molecule has 1 heteroatoms. The van der Waals surface area contributed by atoms with Crippen LogP contribution in [0.1, 0.15) is 22.3 Å². The Kier molecular flexibility index (Phi) is 4.61. The smallest absolute Gasteiger partial charge is 0.0739 e. The third-order valence-electron chi connectivity index (χ3n) is 4.74. The van der Waals surface area contributed by atoms with E-state index >= 15 is 0 Å². The highest BCUT2D eigenvalue weighted by molar-refractivity contribution is 5.89. The van der Waals surface area contributed by atoms with Crippen molar-refractivity contribution < 1.29 is 0 Å². The van der Waals surface area contributed by atoms with Gasteiger partial charge in [-0.25, -0.2) is 0 Å². The van der Waals surface area contributed by atoms with Gasteiger partial charge < -0.3 is 0 Å². The van der Waals surface area contributed by atoms with Crippen molar-refractivity contribution in [1.29, 1.82) is 0 Å². The number of hydrogen-bond acceptors (Lipinski definition) is 1. The van der Waals surface area contributed by atoms with Crippen LogP contribution in [0.5, 0.6) is 0 Å². The standard InChI is InChI=1S/C25H21N/c1-19-14-15-22(25-24(19)13-8-16-26-25)18-23(21-11-6-3-7-12-21)17-20-9-4-2-5-10-20/h2-17H,18H2,1H3/b23-17-. The van der Waals surface area contributed by atoms with Gasteiger partial charge in [-0.15, -0.1) is 0 Å². The van der Waals surface area contributed by atoms with Crippen LogP contribution < -0.4 is 0 Å². The van der Waals surface area contributed by atoms with E-state index in [1.807, 2.05) is 12.3 Å². The minimum absolute atomic E-state index is 0.854. The van der Waals surface area contributed by atoms with E-state index in [2.05, 4.69) is 96.8 Å². The highest BCUT2D eigenvalue weighted by Gasteiger charge is 2.09. The highest BCUT2D eigenvalue weighted by atomic mass is 14.6. The summed E-state index contributed by atoms with van der Waals surface area (Å²) in [7, 11) is 0. The fraction of sp³-hybridized carbons (Fsp3) is 0.0800. The molecule has 0 amide bonds. The molecule has 1 aromatic heterocycles. The van der Waals surface area contributed by atoms with Gasteiger partial charge in [-0.05, 0) is 40.8 Å². The maximum Gasteiger partial charge on any atom is 0.0739 e. The Morgan fingerprint density at radius 3 is 2.31 bits per heavy atom. The van der Waals surface area contributed by atoms with E-state index in [1.54, 1.807) is 0 Å². The molecule has 0 saturated heterocycles. The number of rotatable bonds is 4. The van der Waals surface area contributed by atoms with Gasteiger partial charge in [0, 0.05) is 18.0 Å². The Hall–Kier alpha value is -3.19. The van der Waals surface area contributed by atoms with Crippen LogP contribution in [0.3, 0.4) is 0 Å². The monoisotopic (exact) mass is 335 g/mol. The molecule has 0 aliphatic carbocycles. The van der Waals surface area contributed by atoms with Gasteiger partial charge in [0.05, 0.1) is 5.52 Å². The maximum absolute atomic E-state index is 4.67. The summed E-state index contributed by atoms with van der Waals surface area (Å²) in [6.07, 6.45) is 5.02. The molecule has 0 fully saturated rings. The lowest BCUT2D eigenvalue weighted by molar-refractivity contribution is 1.26. The molecule has 0 unspecified atom stereocenters. The summed E-state index contributed by atoms with van der Waals surface area (Å²) in [5, 5.41) is 1.23. The summed E-state index contributed by atoms with van der Waals surface area (Å²) in [5.74, 6) is 0. The second-order valence-electron chi connectivity index (χ2n) is 6.56. The molecule has 0 radical (unpaired) electrons. The number of allylic oxidation sites excluding steroid dienone is 1. The Morgan fingerprint density at radius 1 is 0.808 bits per heavy atom. The number of benzene rings is 3. The van der Waals surface area contributed by atoms with Crippen LogP contribution in [0.4, 0.5) is 0 Å². The first-order valence-electron chi connectivity index (χ1n) is 8.95. The van der Waals surface area contributed by atoms with Crippen LogP contribution >= 0.6 is 0 Å². The fourth-order valence-electron chi connectivity index (χ4n) is 3.36. The van der Waals surface area contributed by atoms with Crippen molar-refractivity contribution in [2.75, 3.05) is 0 Å². The van der Waals surface area contributed by atoms with E-state index in [9.17, 15) is 0 Å². The molecule has 126 valence electrons. The molecule has 4 aromatic rings. The van der Waals surface area contributed by atoms with Crippen LogP contribution in [0.2, 0.25) is 0 Å². The number of fused-ring (bicyclic) bond motifs is 1. The second kappa shape index (κ2) is 7.37. The van der Waals surface area contributed by atoms with Crippen molar-refractivity contribution in [3.63, 3.8) is 0 Å². The van der Waals surface area contributed by atoms with Crippen molar-refractivity contribution >= 4 is 22.6 Å². The molecule has 26 heavy (non-hydrogen) atoms. The van der Waals surface area contributed by atoms with Crippen LogP contribution in [0, 0.1) is 6.92 Å². The number of aromatic nitrogens is 1. The summed E-state index contributed by atoms with van der Waals surface area (Å²) in [4.78, 5) is 4.67. The van der Waals surface area contributed by atoms with Gasteiger partial charge in [0.1, 0.15) is 0 Å². The zero-order valence-corrected chi connectivity index (χ0v) is 14.9. The molecule has 0 saturated carbocycles. The molecule has 3 aromatic carbocycles. The molecule has 0 aliphatic rings. The minimum Gasteiger partial charge on any atom is -0.256 e. The average molecular weight is 335 g/mol. The molecule has 0 aliphatic heterocycles. The molecule has 0 atom stereocenters. The lowest BCUT2D eigenvalue weighted by Gasteiger charge is -2.12. The second-order valence-corrected chi connectivity index (χ2v) is 6.56. The Morgan fingerprint density at radius 2 is 1.54 bits per heavy atom. The maximum atomic E-state index is 4.67. The number of pyridine rings is 1. The van der Waals surface area contributed by atoms with E-state index in [1.165, 1.54) is 33.2 Å². The lowest BCUT2D eigenvalue weighted by Crippen LogP contribution is -1.95. The van der Waals surface area contributed by atoms with Gasteiger partial charge in [-0.1, -0.05) is 84.9 Å². The first-order chi connectivity index (χ1) is 12.8. The SMILES string of the molecule is Cc1ccc(C/C(=C/c2ccccc2)c2ccccc2)c2ncccc12. The summed E-state index contributed by atoms with van der Waals surface area (Å²) in [5.41, 5.74) is 7.40. The number of nitrogens with zero attached hydrogens (tertiary/aromatic N) is 1. The fourth-order valence-corrected chi connectivity index (χ4v) is 3.36. The van der Waals surface area contributed by atoms with Gasteiger partial charge in [0.15, 0.2) is 0 Å². The summed E-state index contributed by atoms with van der Waals surface area (Å²) in [6.45, 7) is 2.14. The minimum atomic E-state index is 0.854.